The lowest BCUT2D eigenvalue weighted by molar-refractivity contribution is -0.384. The number of carbonyl (C=O) groups is 4. The monoisotopic (exact) mass is 382 g/mol. The minimum absolute atomic E-state index is 0.0438. The number of ether oxygens (including phenoxy) is 1. The van der Waals surface area contributed by atoms with Crippen molar-refractivity contribution in [2.45, 2.75) is 6.42 Å². The van der Waals surface area contributed by atoms with Crippen LogP contribution in [0.25, 0.3) is 0 Å². The first-order valence-electron chi connectivity index (χ1n) is 8.27. The summed E-state index contributed by atoms with van der Waals surface area (Å²) in [4.78, 5) is 59.3. The van der Waals surface area contributed by atoms with Crippen molar-refractivity contribution in [2.75, 3.05) is 13.2 Å². The zero-order valence-electron chi connectivity index (χ0n) is 14.5. The van der Waals surface area contributed by atoms with Gasteiger partial charge in [-0.05, 0) is 12.1 Å². The second-order valence-electron chi connectivity index (χ2n) is 5.95. The van der Waals surface area contributed by atoms with Gasteiger partial charge in [-0.1, -0.05) is 24.3 Å². The van der Waals surface area contributed by atoms with E-state index in [1.54, 1.807) is 12.1 Å². The van der Waals surface area contributed by atoms with E-state index >= 15 is 0 Å². The van der Waals surface area contributed by atoms with E-state index in [2.05, 4.69) is 0 Å². The number of hydrogen-bond acceptors (Lipinski definition) is 7. The number of esters is 1. The third-order valence-electron chi connectivity index (χ3n) is 4.16. The molecule has 1 aliphatic heterocycles. The number of nitro groups is 1. The lowest BCUT2D eigenvalue weighted by Gasteiger charge is -2.13. The molecule has 2 aromatic rings. The van der Waals surface area contributed by atoms with Crippen LogP contribution in [0.3, 0.4) is 0 Å². The number of imide groups is 1. The maximum Gasteiger partial charge on any atom is 0.308 e. The number of amides is 2. The van der Waals surface area contributed by atoms with Gasteiger partial charge in [-0.2, -0.15) is 0 Å². The zero-order valence-corrected chi connectivity index (χ0v) is 14.5. The van der Waals surface area contributed by atoms with E-state index in [1.165, 1.54) is 30.3 Å². The Morgan fingerprint density at radius 3 is 2.25 bits per heavy atom. The number of Topliss-reactive ketones (excluding diaryl/α,β-unsaturated/α-hetero) is 1. The predicted octanol–water partition coefficient (Wildman–Crippen LogP) is 2.01. The molecule has 0 aromatic heterocycles. The summed E-state index contributed by atoms with van der Waals surface area (Å²) in [5, 5.41) is 10.7. The fourth-order valence-corrected chi connectivity index (χ4v) is 2.74. The standard InChI is InChI=1S/C19H14N2O7/c22-16(12-4-3-5-13(10-12)21(26)27)11-28-17(23)8-9-20-18(24)14-6-1-2-7-15(14)19(20)25/h1-7,10H,8-9,11H2. The average Bonchev–Trinajstić information content (AvgIpc) is 2.95. The van der Waals surface area contributed by atoms with Crippen molar-refractivity contribution < 1.29 is 28.8 Å². The summed E-state index contributed by atoms with van der Waals surface area (Å²) in [7, 11) is 0. The number of benzene rings is 2. The number of rotatable bonds is 7. The van der Waals surface area contributed by atoms with Crippen molar-refractivity contribution in [1.82, 2.24) is 4.90 Å². The van der Waals surface area contributed by atoms with E-state index in [0.29, 0.717) is 0 Å². The molecule has 0 fully saturated rings. The molecule has 9 heteroatoms. The maximum absolute atomic E-state index is 12.2. The molecule has 2 amide bonds. The quantitative estimate of drug-likeness (QED) is 0.236. The Hall–Kier alpha value is -3.88. The highest BCUT2D eigenvalue weighted by Crippen LogP contribution is 2.22. The molecule has 2 aromatic carbocycles. The second kappa shape index (κ2) is 7.78. The Morgan fingerprint density at radius 2 is 1.64 bits per heavy atom. The summed E-state index contributed by atoms with van der Waals surface area (Å²) in [6, 6.07) is 11.4. The highest BCUT2D eigenvalue weighted by Gasteiger charge is 2.35. The molecule has 0 saturated heterocycles. The minimum Gasteiger partial charge on any atom is -0.457 e. The molecule has 0 N–H and O–H groups in total. The molecule has 0 radical (unpaired) electrons. The second-order valence-corrected chi connectivity index (χ2v) is 5.95. The van der Waals surface area contributed by atoms with E-state index in [4.69, 9.17) is 4.74 Å². The number of hydrogen-bond donors (Lipinski definition) is 0. The van der Waals surface area contributed by atoms with Gasteiger partial charge in [-0.15, -0.1) is 0 Å². The predicted molar refractivity (Wildman–Crippen MR) is 94.8 cm³/mol. The average molecular weight is 382 g/mol. The Kier molecular flexibility index (Phi) is 5.25. The van der Waals surface area contributed by atoms with Gasteiger partial charge in [0, 0.05) is 24.2 Å². The molecule has 0 bridgehead atoms. The molecule has 0 spiro atoms. The van der Waals surface area contributed by atoms with Crippen LogP contribution in [0.5, 0.6) is 0 Å². The van der Waals surface area contributed by atoms with Crippen molar-refractivity contribution in [1.29, 1.82) is 0 Å². The van der Waals surface area contributed by atoms with Crippen LogP contribution in [-0.2, 0) is 9.53 Å². The molecule has 0 saturated carbocycles. The third-order valence-corrected chi connectivity index (χ3v) is 4.16. The first-order valence-corrected chi connectivity index (χ1v) is 8.27. The number of non-ortho nitro benzene ring substituents is 1. The van der Waals surface area contributed by atoms with Crippen LogP contribution >= 0.6 is 0 Å². The number of fused-ring (bicyclic) bond motifs is 1. The van der Waals surface area contributed by atoms with Crippen LogP contribution in [0.4, 0.5) is 5.69 Å². The lowest BCUT2D eigenvalue weighted by atomic mass is 10.1. The molecule has 142 valence electrons. The van der Waals surface area contributed by atoms with Gasteiger partial charge in [0.2, 0.25) is 5.78 Å². The number of carbonyl (C=O) groups excluding carboxylic acids is 4. The number of nitro benzene ring substituents is 1. The maximum atomic E-state index is 12.2. The first kappa shape index (κ1) is 18.9. The van der Waals surface area contributed by atoms with Gasteiger partial charge in [-0.25, -0.2) is 0 Å². The summed E-state index contributed by atoms with van der Waals surface area (Å²) in [5.74, 6) is -2.34. The molecule has 3 rings (SSSR count). The number of ketones is 1. The molecular formula is C19H14N2O7. The normalized spacial score (nSPS) is 12.6. The Labute approximate surface area is 158 Å². The van der Waals surface area contributed by atoms with Crippen LogP contribution in [-0.4, -0.2) is 46.5 Å². The summed E-state index contributed by atoms with van der Waals surface area (Å²) in [5.41, 5.74) is 0.355. The van der Waals surface area contributed by atoms with Gasteiger partial charge in [0.15, 0.2) is 6.61 Å². The summed E-state index contributed by atoms with van der Waals surface area (Å²) in [6.45, 7) is -0.766. The van der Waals surface area contributed by atoms with Crippen molar-refractivity contribution in [3.63, 3.8) is 0 Å². The van der Waals surface area contributed by atoms with Crippen LogP contribution in [0.15, 0.2) is 48.5 Å². The molecule has 1 heterocycles. The van der Waals surface area contributed by atoms with Gasteiger partial charge < -0.3 is 4.74 Å². The Balaban J connectivity index is 1.52. The molecule has 1 aliphatic rings. The van der Waals surface area contributed by atoms with Crippen LogP contribution in [0.1, 0.15) is 37.5 Å². The van der Waals surface area contributed by atoms with Crippen LogP contribution in [0.2, 0.25) is 0 Å². The molecule has 9 nitrogen and oxygen atoms in total. The Morgan fingerprint density at radius 1 is 1.00 bits per heavy atom. The smallest absolute Gasteiger partial charge is 0.308 e. The van der Waals surface area contributed by atoms with E-state index < -0.39 is 35.1 Å². The largest absolute Gasteiger partial charge is 0.457 e. The summed E-state index contributed by atoms with van der Waals surface area (Å²) in [6.07, 6.45) is -0.270. The van der Waals surface area contributed by atoms with E-state index in [9.17, 15) is 29.3 Å². The highest BCUT2D eigenvalue weighted by atomic mass is 16.6. The first-order chi connectivity index (χ1) is 13.4. The lowest BCUT2D eigenvalue weighted by Crippen LogP contribution is -2.32. The zero-order chi connectivity index (χ0) is 20.3. The van der Waals surface area contributed by atoms with Crippen molar-refractivity contribution in [3.8, 4) is 0 Å². The van der Waals surface area contributed by atoms with E-state index in [1.807, 2.05) is 0 Å². The van der Waals surface area contributed by atoms with E-state index in [-0.39, 0.29) is 35.3 Å². The minimum atomic E-state index is -0.768. The van der Waals surface area contributed by atoms with Gasteiger partial charge in [-0.3, -0.25) is 34.2 Å². The van der Waals surface area contributed by atoms with Crippen molar-refractivity contribution in [3.05, 3.63) is 75.3 Å². The number of nitrogens with zero attached hydrogens (tertiary/aromatic N) is 2. The fraction of sp³-hybridized carbons (Fsp3) is 0.158. The fourth-order valence-electron chi connectivity index (χ4n) is 2.74. The molecule has 28 heavy (non-hydrogen) atoms. The topological polar surface area (TPSA) is 124 Å². The van der Waals surface area contributed by atoms with Crippen LogP contribution in [0, 0.1) is 10.1 Å². The SMILES string of the molecule is O=C(CCN1C(=O)c2ccccc2C1=O)OCC(=O)c1cccc([N+](=O)[O-])c1. The molecule has 0 unspecified atom stereocenters. The van der Waals surface area contributed by atoms with Crippen molar-refractivity contribution in [2.24, 2.45) is 0 Å². The summed E-state index contributed by atoms with van der Waals surface area (Å²) < 4.78 is 4.86. The van der Waals surface area contributed by atoms with Crippen molar-refractivity contribution >= 4 is 29.3 Å². The van der Waals surface area contributed by atoms with Gasteiger partial charge in [0.05, 0.1) is 22.5 Å². The summed E-state index contributed by atoms with van der Waals surface area (Å²) >= 11 is 0. The van der Waals surface area contributed by atoms with Crippen LogP contribution < -0.4 is 0 Å². The van der Waals surface area contributed by atoms with E-state index in [0.717, 1.165) is 11.0 Å². The van der Waals surface area contributed by atoms with Gasteiger partial charge >= 0.3 is 5.97 Å². The third kappa shape index (κ3) is 3.78. The molecule has 0 aliphatic carbocycles. The molecule has 0 atom stereocenters. The Bertz CT molecular complexity index is 964. The molecular weight excluding hydrogens is 368 g/mol. The highest BCUT2D eigenvalue weighted by molar-refractivity contribution is 6.21. The van der Waals surface area contributed by atoms with Gasteiger partial charge in [0.1, 0.15) is 0 Å². The van der Waals surface area contributed by atoms with Gasteiger partial charge in [0.25, 0.3) is 17.5 Å².